The Morgan fingerprint density at radius 1 is 1.04 bits per heavy atom. The lowest BCUT2D eigenvalue weighted by atomic mass is 10.1. The van der Waals surface area contributed by atoms with Gasteiger partial charge in [0.05, 0.1) is 16.4 Å². The number of aryl methyl sites for hydroxylation is 1. The van der Waals surface area contributed by atoms with Gasteiger partial charge in [0.1, 0.15) is 24.5 Å². The molecule has 0 amide bonds. The van der Waals surface area contributed by atoms with E-state index in [4.69, 9.17) is 13.9 Å². The number of nitrogens with zero attached hydrogens (tertiary/aromatic N) is 1. The van der Waals surface area contributed by atoms with E-state index < -0.39 is 10.5 Å². The molecule has 27 heavy (non-hydrogen) atoms. The number of hydrogen-bond donors (Lipinski definition) is 0. The van der Waals surface area contributed by atoms with Crippen molar-refractivity contribution in [1.82, 2.24) is 0 Å². The number of para-hydroxylation sites is 2. The van der Waals surface area contributed by atoms with E-state index in [-0.39, 0.29) is 24.7 Å². The van der Waals surface area contributed by atoms with E-state index in [9.17, 15) is 14.9 Å². The molecule has 7 heteroatoms. The molecule has 0 atom stereocenters. The Kier molecular flexibility index (Phi) is 5.38. The smallest absolute Gasteiger partial charge is 0.339 e. The van der Waals surface area contributed by atoms with Crippen LogP contribution >= 0.6 is 0 Å². The minimum atomic E-state index is -0.514. The molecule has 0 unspecified atom stereocenters. The van der Waals surface area contributed by atoms with Gasteiger partial charge in [-0.05, 0) is 25.1 Å². The van der Waals surface area contributed by atoms with E-state index in [1.54, 1.807) is 18.2 Å². The third-order valence-corrected chi connectivity index (χ3v) is 3.65. The van der Waals surface area contributed by atoms with Gasteiger partial charge >= 0.3 is 11.3 Å². The molecule has 0 aliphatic carbocycles. The summed E-state index contributed by atoms with van der Waals surface area (Å²) in [5.41, 5.74) is 0.823. The summed E-state index contributed by atoms with van der Waals surface area (Å²) in [6, 6.07) is 12.8. The average Bonchev–Trinajstić information content (AvgIpc) is 2.65. The minimum absolute atomic E-state index is 0.0228. The van der Waals surface area contributed by atoms with E-state index in [1.807, 2.05) is 19.1 Å². The molecule has 0 bridgehead atoms. The van der Waals surface area contributed by atoms with Crippen molar-refractivity contribution < 1.29 is 18.8 Å². The first-order valence-electron chi connectivity index (χ1n) is 8.04. The summed E-state index contributed by atoms with van der Waals surface area (Å²) in [6.07, 6.45) is 0. The van der Waals surface area contributed by atoms with Gasteiger partial charge in [0, 0.05) is 6.07 Å². The maximum Gasteiger partial charge on any atom is 0.339 e. The van der Waals surface area contributed by atoms with E-state index in [0.717, 1.165) is 5.56 Å². The van der Waals surface area contributed by atoms with Gasteiger partial charge in [-0.2, -0.15) is 0 Å². The van der Waals surface area contributed by atoms with Crippen LogP contribution in [-0.2, 0) is 0 Å². The van der Waals surface area contributed by atoms with Crippen molar-refractivity contribution in [2.24, 2.45) is 0 Å². The Labute approximate surface area is 154 Å². The monoisotopic (exact) mass is 365 g/mol. The van der Waals surface area contributed by atoms with Crippen LogP contribution in [0, 0.1) is 28.9 Å². The number of rotatable bonds is 5. The Bertz CT molecular complexity index is 1110. The fourth-order valence-electron chi connectivity index (χ4n) is 2.43. The molecule has 0 aliphatic rings. The van der Waals surface area contributed by atoms with Crippen LogP contribution in [0.15, 0.2) is 57.7 Å². The van der Waals surface area contributed by atoms with Crippen LogP contribution in [-0.4, -0.2) is 18.1 Å². The molecule has 2 aromatic carbocycles. The standard InChI is InChI=1S/C20H15NO6/c1-14-8-9-17-15(12-14)19(13-20(22)27-17)26-11-5-4-10-25-18-7-3-2-6-16(18)21(23)24/h2-3,6-9,12-13H,10-11H2,1H3. The first-order chi connectivity index (χ1) is 13.0. The zero-order chi connectivity index (χ0) is 19.2. The van der Waals surface area contributed by atoms with Gasteiger partial charge in [-0.1, -0.05) is 35.6 Å². The maximum atomic E-state index is 11.6. The summed E-state index contributed by atoms with van der Waals surface area (Å²) in [7, 11) is 0. The second-order valence-corrected chi connectivity index (χ2v) is 5.59. The fraction of sp³-hybridized carbons (Fsp3) is 0.150. The second-order valence-electron chi connectivity index (χ2n) is 5.59. The second kappa shape index (κ2) is 8.06. The number of benzene rings is 2. The van der Waals surface area contributed by atoms with Crippen LogP contribution in [0.2, 0.25) is 0 Å². The van der Waals surface area contributed by atoms with Gasteiger partial charge in [0.15, 0.2) is 5.75 Å². The summed E-state index contributed by atoms with van der Waals surface area (Å²) in [5.74, 6) is 6.02. The van der Waals surface area contributed by atoms with Crippen molar-refractivity contribution in [2.45, 2.75) is 6.92 Å². The molecule has 1 heterocycles. The molecular weight excluding hydrogens is 350 g/mol. The zero-order valence-electron chi connectivity index (χ0n) is 14.4. The highest BCUT2D eigenvalue weighted by Crippen LogP contribution is 2.26. The molecule has 7 nitrogen and oxygen atoms in total. The number of nitro groups is 1. The number of ether oxygens (including phenoxy) is 2. The van der Waals surface area contributed by atoms with Gasteiger partial charge in [0.2, 0.25) is 0 Å². The van der Waals surface area contributed by atoms with Crippen LogP contribution in [0.1, 0.15) is 5.56 Å². The Hall–Kier alpha value is -3.79. The van der Waals surface area contributed by atoms with E-state index in [1.165, 1.54) is 18.2 Å². The lowest BCUT2D eigenvalue weighted by Gasteiger charge is -2.06. The molecule has 0 aliphatic heterocycles. The first-order valence-corrected chi connectivity index (χ1v) is 8.04. The summed E-state index contributed by atoms with van der Waals surface area (Å²) in [6.45, 7) is 1.94. The van der Waals surface area contributed by atoms with E-state index in [0.29, 0.717) is 16.7 Å². The van der Waals surface area contributed by atoms with Gasteiger partial charge in [-0.15, -0.1) is 0 Å². The largest absolute Gasteiger partial charge is 0.480 e. The Balaban J connectivity index is 1.63. The molecule has 0 N–H and O–H groups in total. The summed E-state index contributed by atoms with van der Waals surface area (Å²) in [4.78, 5) is 22.0. The average molecular weight is 365 g/mol. The highest BCUT2D eigenvalue weighted by Gasteiger charge is 2.12. The molecule has 0 spiro atoms. The molecule has 1 aromatic heterocycles. The SMILES string of the molecule is Cc1ccc2oc(=O)cc(OCC#CCOc3ccccc3[N+](=O)[O-])c2c1. The lowest BCUT2D eigenvalue weighted by molar-refractivity contribution is -0.385. The van der Waals surface area contributed by atoms with E-state index >= 15 is 0 Å². The molecule has 0 saturated heterocycles. The predicted molar refractivity (Wildman–Crippen MR) is 99.1 cm³/mol. The highest BCUT2D eigenvalue weighted by atomic mass is 16.6. The van der Waals surface area contributed by atoms with Crippen molar-refractivity contribution in [3.05, 3.63) is 74.6 Å². The minimum Gasteiger partial charge on any atom is -0.480 e. The topological polar surface area (TPSA) is 91.8 Å². The number of nitro benzene ring substituents is 1. The van der Waals surface area contributed by atoms with Crippen molar-refractivity contribution in [3.63, 3.8) is 0 Å². The van der Waals surface area contributed by atoms with Crippen LogP contribution in [0.3, 0.4) is 0 Å². The van der Waals surface area contributed by atoms with Crippen molar-refractivity contribution in [3.8, 4) is 23.3 Å². The van der Waals surface area contributed by atoms with Crippen molar-refractivity contribution >= 4 is 16.7 Å². The molecule has 0 saturated carbocycles. The van der Waals surface area contributed by atoms with Crippen molar-refractivity contribution in [1.29, 1.82) is 0 Å². The molecule has 3 rings (SSSR count). The molecule has 0 fully saturated rings. The summed E-state index contributed by atoms with van der Waals surface area (Å²) < 4.78 is 16.0. The zero-order valence-corrected chi connectivity index (χ0v) is 14.4. The van der Waals surface area contributed by atoms with Gasteiger partial charge in [-0.3, -0.25) is 10.1 Å². The maximum absolute atomic E-state index is 11.6. The molecule has 136 valence electrons. The van der Waals surface area contributed by atoms with Crippen LogP contribution in [0.25, 0.3) is 11.0 Å². The van der Waals surface area contributed by atoms with Crippen LogP contribution in [0.5, 0.6) is 11.5 Å². The predicted octanol–water partition coefficient (Wildman–Crippen LogP) is 3.47. The first kappa shape index (κ1) is 18.0. The summed E-state index contributed by atoms with van der Waals surface area (Å²) in [5, 5.41) is 11.6. The van der Waals surface area contributed by atoms with E-state index in [2.05, 4.69) is 11.8 Å². The molecule has 0 radical (unpaired) electrons. The number of fused-ring (bicyclic) bond motifs is 1. The fourth-order valence-corrected chi connectivity index (χ4v) is 2.43. The normalized spacial score (nSPS) is 10.1. The Morgan fingerprint density at radius 2 is 1.74 bits per heavy atom. The third kappa shape index (κ3) is 4.44. The number of hydrogen-bond acceptors (Lipinski definition) is 6. The Morgan fingerprint density at radius 3 is 2.48 bits per heavy atom. The molecule has 3 aromatic rings. The van der Waals surface area contributed by atoms with Gasteiger partial charge in [0.25, 0.3) is 0 Å². The van der Waals surface area contributed by atoms with Gasteiger partial charge in [-0.25, -0.2) is 4.79 Å². The lowest BCUT2D eigenvalue weighted by Crippen LogP contribution is -2.03. The van der Waals surface area contributed by atoms with Crippen molar-refractivity contribution in [2.75, 3.05) is 13.2 Å². The third-order valence-electron chi connectivity index (χ3n) is 3.65. The summed E-state index contributed by atoms with van der Waals surface area (Å²) >= 11 is 0. The van der Waals surface area contributed by atoms with Gasteiger partial charge < -0.3 is 13.9 Å². The van der Waals surface area contributed by atoms with Crippen LogP contribution in [0.4, 0.5) is 5.69 Å². The highest BCUT2D eigenvalue weighted by molar-refractivity contribution is 5.83. The molecular formula is C20H15NO6. The van der Waals surface area contributed by atoms with Crippen LogP contribution < -0.4 is 15.1 Å². The quantitative estimate of drug-likeness (QED) is 0.297.